The van der Waals surface area contributed by atoms with Gasteiger partial charge in [0.15, 0.2) is 6.29 Å². The molecule has 2 aromatic rings. The number of rotatable bonds is 4. The molecule has 0 radical (unpaired) electrons. The van der Waals surface area contributed by atoms with Gasteiger partial charge in [-0.3, -0.25) is 4.79 Å². The van der Waals surface area contributed by atoms with Crippen LogP contribution in [0.2, 0.25) is 5.02 Å². The number of hydrogen-bond acceptors (Lipinski definition) is 2. The standard InChI is InChI=1S/C16H14ClFO2/c1-10(2)20-13-5-3-12(9-19)14(8-13)11-4-6-15(17)16(18)7-11/h3-10H,1-2H3. The van der Waals surface area contributed by atoms with Crippen LogP contribution in [0, 0.1) is 5.82 Å². The molecule has 104 valence electrons. The molecule has 0 heterocycles. The SMILES string of the molecule is CC(C)Oc1ccc(C=O)c(-c2ccc(Cl)c(F)c2)c1. The molecular formula is C16H14ClFO2. The van der Waals surface area contributed by atoms with E-state index >= 15 is 0 Å². The number of carbonyl (C=O) groups excluding carboxylic acids is 1. The zero-order valence-electron chi connectivity index (χ0n) is 11.2. The summed E-state index contributed by atoms with van der Waals surface area (Å²) in [5.41, 5.74) is 1.68. The Morgan fingerprint density at radius 2 is 1.95 bits per heavy atom. The minimum Gasteiger partial charge on any atom is -0.491 e. The number of benzene rings is 2. The lowest BCUT2D eigenvalue weighted by Crippen LogP contribution is -2.05. The number of hydrogen-bond donors (Lipinski definition) is 0. The number of aldehydes is 1. The lowest BCUT2D eigenvalue weighted by molar-refractivity contribution is 0.112. The van der Waals surface area contributed by atoms with Gasteiger partial charge in [0.25, 0.3) is 0 Å². The molecule has 0 bridgehead atoms. The van der Waals surface area contributed by atoms with E-state index in [-0.39, 0.29) is 11.1 Å². The summed E-state index contributed by atoms with van der Waals surface area (Å²) in [5.74, 6) is 0.118. The quantitative estimate of drug-likeness (QED) is 0.760. The van der Waals surface area contributed by atoms with Crippen LogP contribution in [0.15, 0.2) is 36.4 Å². The van der Waals surface area contributed by atoms with Crippen molar-refractivity contribution in [2.24, 2.45) is 0 Å². The highest BCUT2D eigenvalue weighted by Gasteiger charge is 2.10. The molecule has 2 nitrogen and oxygen atoms in total. The van der Waals surface area contributed by atoms with Crippen LogP contribution in [0.3, 0.4) is 0 Å². The molecule has 0 aromatic heterocycles. The summed E-state index contributed by atoms with van der Waals surface area (Å²) in [5, 5.41) is 0.0518. The first-order chi connectivity index (χ1) is 9.51. The van der Waals surface area contributed by atoms with E-state index in [1.54, 1.807) is 24.3 Å². The third-order valence-corrected chi connectivity index (χ3v) is 3.06. The molecule has 0 unspecified atom stereocenters. The Bertz CT molecular complexity index is 638. The molecule has 0 atom stereocenters. The van der Waals surface area contributed by atoms with E-state index in [2.05, 4.69) is 0 Å². The fourth-order valence-corrected chi connectivity index (χ4v) is 2.01. The van der Waals surface area contributed by atoms with Gasteiger partial charge in [0.05, 0.1) is 11.1 Å². The minimum atomic E-state index is -0.517. The zero-order chi connectivity index (χ0) is 14.7. The van der Waals surface area contributed by atoms with Crippen molar-refractivity contribution in [1.82, 2.24) is 0 Å². The summed E-state index contributed by atoms with van der Waals surface area (Å²) in [6, 6.07) is 9.56. The van der Waals surface area contributed by atoms with Gasteiger partial charge in [-0.2, -0.15) is 0 Å². The van der Waals surface area contributed by atoms with Gasteiger partial charge in [-0.05, 0) is 55.3 Å². The Morgan fingerprint density at radius 1 is 1.20 bits per heavy atom. The highest BCUT2D eigenvalue weighted by Crippen LogP contribution is 2.30. The van der Waals surface area contributed by atoms with Crippen LogP contribution in [-0.4, -0.2) is 12.4 Å². The number of ether oxygens (including phenoxy) is 1. The maximum atomic E-state index is 13.6. The second kappa shape index (κ2) is 6.06. The van der Waals surface area contributed by atoms with E-state index in [0.29, 0.717) is 22.4 Å². The summed E-state index contributed by atoms with van der Waals surface area (Å²) in [7, 11) is 0. The van der Waals surface area contributed by atoms with E-state index in [9.17, 15) is 9.18 Å². The summed E-state index contributed by atoms with van der Waals surface area (Å²) >= 11 is 5.67. The van der Waals surface area contributed by atoms with Crippen LogP contribution in [0.1, 0.15) is 24.2 Å². The van der Waals surface area contributed by atoms with Crippen molar-refractivity contribution in [3.8, 4) is 16.9 Å². The largest absolute Gasteiger partial charge is 0.491 e. The summed E-state index contributed by atoms with van der Waals surface area (Å²) in [6.45, 7) is 3.82. The molecule has 0 N–H and O–H groups in total. The fraction of sp³-hybridized carbons (Fsp3) is 0.188. The molecule has 0 fully saturated rings. The molecule has 0 aliphatic carbocycles. The van der Waals surface area contributed by atoms with Gasteiger partial charge >= 0.3 is 0 Å². The Kier molecular flexibility index (Phi) is 4.40. The zero-order valence-corrected chi connectivity index (χ0v) is 11.9. The maximum absolute atomic E-state index is 13.6. The molecular weight excluding hydrogens is 279 g/mol. The monoisotopic (exact) mass is 292 g/mol. The van der Waals surface area contributed by atoms with Gasteiger partial charge in [0.1, 0.15) is 11.6 Å². The Morgan fingerprint density at radius 3 is 2.55 bits per heavy atom. The molecule has 0 amide bonds. The molecule has 2 aromatic carbocycles. The molecule has 0 saturated carbocycles. The van der Waals surface area contributed by atoms with Gasteiger partial charge in [-0.15, -0.1) is 0 Å². The van der Waals surface area contributed by atoms with Gasteiger partial charge < -0.3 is 4.74 Å². The average Bonchev–Trinajstić information content (AvgIpc) is 2.41. The Balaban J connectivity index is 2.51. The highest BCUT2D eigenvalue weighted by atomic mass is 35.5. The molecule has 0 aliphatic heterocycles. The smallest absolute Gasteiger partial charge is 0.150 e. The van der Waals surface area contributed by atoms with Crippen LogP contribution in [0.5, 0.6) is 5.75 Å². The van der Waals surface area contributed by atoms with Crippen molar-refractivity contribution < 1.29 is 13.9 Å². The van der Waals surface area contributed by atoms with Crippen LogP contribution in [-0.2, 0) is 0 Å². The molecule has 0 saturated heterocycles. The van der Waals surface area contributed by atoms with Crippen LogP contribution in [0.4, 0.5) is 4.39 Å². The predicted molar refractivity (Wildman–Crippen MR) is 78.0 cm³/mol. The average molecular weight is 293 g/mol. The van der Waals surface area contributed by atoms with Crippen LogP contribution >= 0.6 is 11.6 Å². The van der Waals surface area contributed by atoms with Crippen LogP contribution < -0.4 is 4.74 Å². The normalized spacial score (nSPS) is 10.7. The topological polar surface area (TPSA) is 26.3 Å². The first kappa shape index (κ1) is 14.5. The highest BCUT2D eigenvalue weighted by molar-refractivity contribution is 6.30. The summed E-state index contributed by atoms with van der Waals surface area (Å²) < 4.78 is 19.2. The first-order valence-electron chi connectivity index (χ1n) is 6.22. The minimum absolute atomic E-state index is 0.0203. The third kappa shape index (κ3) is 3.17. The second-order valence-electron chi connectivity index (χ2n) is 4.66. The maximum Gasteiger partial charge on any atom is 0.150 e. The summed E-state index contributed by atoms with van der Waals surface area (Å²) in [6.07, 6.45) is 0.757. The van der Waals surface area contributed by atoms with Gasteiger partial charge in [-0.25, -0.2) is 4.39 Å². The van der Waals surface area contributed by atoms with E-state index in [1.165, 1.54) is 12.1 Å². The van der Waals surface area contributed by atoms with Gasteiger partial charge in [-0.1, -0.05) is 17.7 Å². The second-order valence-corrected chi connectivity index (χ2v) is 5.07. The van der Waals surface area contributed by atoms with E-state index < -0.39 is 5.82 Å². The van der Waals surface area contributed by atoms with Crippen molar-refractivity contribution in [2.45, 2.75) is 20.0 Å². The fourth-order valence-electron chi connectivity index (χ4n) is 1.90. The van der Waals surface area contributed by atoms with Gasteiger partial charge in [0.2, 0.25) is 0 Å². The molecule has 0 aliphatic rings. The van der Waals surface area contributed by atoms with E-state index in [1.807, 2.05) is 13.8 Å². The summed E-state index contributed by atoms with van der Waals surface area (Å²) in [4.78, 5) is 11.1. The van der Waals surface area contributed by atoms with Crippen molar-refractivity contribution in [3.63, 3.8) is 0 Å². The van der Waals surface area contributed by atoms with Crippen molar-refractivity contribution in [1.29, 1.82) is 0 Å². The molecule has 4 heteroatoms. The van der Waals surface area contributed by atoms with Crippen molar-refractivity contribution >= 4 is 17.9 Å². The number of halogens is 2. The molecule has 2 rings (SSSR count). The van der Waals surface area contributed by atoms with E-state index in [4.69, 9.17) is 16.3 Å². The Hall–Kier alpha value is -1.87. The van der Waals surface area contributed by atoms with Gasteiger partial charge in [0, 0.05) is 5.56 Å². The van der Waals surface area contributed by atoms with Crippen molar-refractivity contribution in [3.05, 3.63) is 52.8 Å². The Labute approximate surface area is 122 Å². The lowest BCUT2D eigenvalue weighted by atomic mass is 10.00. The predicted octanol–water partition coefficient (Wildman–Crippen LogP) is 4.75. The molecule has 0 spiro atoms. The lowest BCUT2D eigenvalue weighted by Gasteiger charge is -2.13. The van der Waals surface area contributed by atoms with Crippen molar-refractivity contribution in [2.75, 3.05) is 0 Å². The molecule has 20 heavy (non-hydrogen) atoms. The first-order valence-corrected chi connectivity index (χ1v) is 6.60. The van der Waals surface area contributed by atoms with E-state index in [0.717, 1.165) is 6.29 Å². The van der Waals surface area contributed by atoms with Crippen LogP contribution in [0.25, 0.3) is 11.1 Å². The third-order valence-electron chi connectivity index (χ3n) is 2.75. The number of carbonyl (C=O) groups is 1.